The summed E-state index contributed by atoms with van der Waals surface area (Å²) in [5, 5.41) is 0. The molecule has 0 fully saturated rings. The molecular weight excluding hydrogens is 607 g/mol. The standard InChI is InChI=1S/C37H42.2ClH.Zr/c1-8-9-23-37(28-17-13-14-18-28,27-15-11-10-12-16-27)34-32-25-26-24-29(35(2,3)4)19-20-30(26)31(32)21-22-33(34)36(5,6)7;;;/h9-24,28H,8,25H2,1-7H3;2*1H;/q;;;+2/p-2. The van der Waals surface area contributed by atoms with Crippen LogP contribution in [0.2, 0.25) is 0 Å². The van der Waals surface area contributed by atoms with Gasteiger partial charge in [0.25, 0.3) is 0 Å². The molecule has 0 aliphatic heterocycles. The second-order valence-corrected chi connectivity index (χ2v) is 12.9. The minimum Gasteiger partial charge on any atom is -1.00 e. The van der Waals surface area contributed by atoms with Crippen LogP contribution in [0.1, 0.15) is 88.3 Å². The van der Waals surface area contributed by atoms with Crippen LogP contribution in [-0.4, -0.2) is 0 Å². The summed E-state index contributed by atoms with van der Waals surface area (Å²) in [6.07, 6.45) is 16.2. The maximum absolute atomic E-state index is 2.53. The van der Waals surface area contributed by atoms with E-state index in [0.717, 1.165) is 12.8 Å². The first-order chi connectivity index (χ1) is 17.6. The number of benzene rings is 3. The van der Waals surface area contributed by atoms with Gasteiger partial charge in [0.2, 0.25) is 0 Å². The Labute approximate surface area is 274 Å². The second-order valence-electron chi connectivity index (χ2n) is 12.9. The van der Waals surface area contributed by atoms with Crippen molar-refractivity contribution < 1.29 is 51.0 Å². The molecule has 40 heavy (non-hydrogen) atoms. The van der Waals surface area contributed by atoms with E-state index in [4.69, 9.17) is 0 Å². The third-order valence-corrected chi connectivity index (χ3v) is 8.30. The zero-order valence-electron chi connectivity index (χ0n) is 25.0. The van der Waals surface area contributed by atoms with Crippen LogP contribution in [0.4, 0.5) is 0 Å². The monoisotopic (exact) mass is 646 g/mol. The van der Waals surface area contributed by atoms with Gasteiger partial charge in [-0.2, -0.15) is 0 Å². The third kappa shape index (κ3) is 6.09. The van der Waals surface area contributed by atoms with E-state index in [1.54, 1.807) is 0 Å². The van der Waals surface area contributed by atoms with Crippen molar-refractivity contribution in [1.29, 1.82) is 0 Å². The van der Waals surface area contributed by atoms with Crippen LogP contribution in [0.25, 0.3) is 11.1 Å². The Kier molecular flexibility index (Phi) is 11.3. The van der Waals surface area contributed by atoms with Crippen molar-refractivity contribution in [3.63, 3.8) is 0 Å². The Hall–Kier alpha value is -1.66. The maximum Gasteiger partial charge on any atom is 2.00 e. The molecule has 3 aromatic carbocycles. The van der Waals surface area contributed by atoms with E-state index in [2.05, 4.69) is 146 Å². The fourth-order valence-electron chi connectivity index (χ4n) is 6.39. The minimum absolute atomic E-state index is 0. The van der Waals surface area contributed by atoms with Crippen LogP contribution < -0.4 is 24.8 Å². The molecule has 0 heterocycles. The van der Waals surface area contributed by atoms with Gasteiger partial charge < -0.3 is 24.8 Å². The Morgan fingerprint density at radius 2 is 1.38 bits per heavy atom. The van der Waals surface area contributed by atoms with Crippen molar-refractivity contribution in [2.45, 2.75) is 77.6 Å². The molecule has 2 aliphatic rings. The fraction of sp³-hybridized carbons (Fsp3) is 0.351. The summed E-state index contributed by atoms with van der Waals surface area (Å²) in [4.78, 5) is 0. The van der Waals surface area contributed by atoms with Crippen LogP contribution in [0.3, 0.4) is 0 Å². The van der Waals surface area contributed by atoms with Crippen molar-refractivity contribution >= 4 is 0 Å². The van der Waals surface area contributed by atoms with E-state index in [1.807, 2.05) is 0 Å². The van der Waals surface area contributed by atoms with Gasteiger partial charge in [-0.3, -0.25) is 0 Å². The Morgan fingerprint density at radius 1 is 0.750 bits per heavy atom. The minimum atomic E-state index is -0.274. The molecule has 1 atom stereocenters. The number of hydrogen-bond donors (Lipinski definition) is 0. The van der Waals surface area contributed by atoms with E-state index in [0.29, 0.717) is 0 Å². The molecule has 0 saturated carbocycles. The molecule has 0 N–H and O–H groups in total. The molecule has 5 rings (SSSR count). The first kappa shape index (κ1) is 34.5. The summed E-state index contributed by atoms with van der Waals surface area (Å²) in [6, 6.07) is 23.3. The van der Waals surface area contributed by atoms with E-state index in [-0.39, 0.29) is 73.2 Å². The Bertz CT molecular complexity index is 1390. The van der Waals surface area contributed by atoms with Crippen molar-refractivity contribution in [2.24, 2.45) is 5.92 Å². The Balaban J connectivity index is 0.00000187. The van der Waals surface area contributed by atoms with Gasteiger partial charge in [0.15, 0.2) is 0 Å². The van der Waals surface area contributed by atoms with Crippen LogP contribution in [0.5, 0.6) is 0 Å². The molecule has 1 unspecified atom stereocenters. The quantitative estimate of drug-likeness (QED) is 0.289. The summed E-state index contributed by atoms with van der Waals surface area (Å²) in [5.74, 6) is 0.263. The molecular formula is C37H42Cl2Zr. The molecule has 0 saturated heterocycles. The number of allylic oxidation sites excluding steroid dienone is 6. The van der Waals surface area contributed by atoms with Crippen molar-refractivity contribution in [1.82, 2.24) is 0 Å². The summed E-state index contributed by atoms with van der Waals surface area (Å²) in [5.41, 5.74) is 11.4. The molecule has 0 amide bonds. The molecule has 0 nitrogen and oxygen atoms in total. The van der Waals surface area contributed by atoms with Crippen LogP contribution in [0.15, 0.2) is 97.1 Å². The van der Waals surface area contributed by atoms with Crippen LogP contribution >= 0.6 is 0 Å². The third-order valence-electron chi connectivity index (χ3n) is 8.30. The van der Waals surface area contributed by atoms with Gasteiger partial charge in [0.05, 0.1) is 0 Å². The van der Waals surface area contributed by atoms with Gasteiger partial charge in [0.1, 0.15) is 0 Å². The van der Waals surface area contributed by atoms with Crippen LogP contribution in [0, 0.1) is 5.92 Å². The SMILES string of the molecule is CCC=CC(c1ccccc1)(c1c(C(C)(C)C)ccc2c1Cc1cc(C(C)(C)C)ccc1-2)C1C=CC=C1.[Cl-].[Cl-].[Zr+2]. The average Bonchev–Trinajstić information content (AvgIpc) is 3.52. The van der Waals surface area contributed by atoms with Gasteiger partial charge in [-0.15, -0.1) is 0 Å². The predicted molar refractivity (Wildman–Crippen MR) is 161 cm³/mol. The summed E-state index contributed by atoms with van der Waals surface area (Å²) < 4.78 is 0. The summed E-state index contributed by atoms with van der Waals surface area (Å²) in [7, 11) is 0. The number of rotatable bonds is 5. The smallest absolute Gasteiger partial charge is 1.00 e. The molecule has 0 spiro atoms. The largest absolute Gasteiger partial charge is 2.00 e. The van der Waals surface area contributed by atoms with E-state index in [9.17, 15) is 0 Å². The van der Waals surface area contributed by atoms with Crippen molar-refractivity contribution in [2.75, 3.05) is 0 Å². The van der Waals surface area contributed by atoms with Crippen molar-refractivity contribution in [3.05, 3.63) is 131 Å². The number of hydrogen-bond acceptors (Lipinski definition) is 0. The maximum atomic E-state index is 2.53. The number of fused-ring (bicyclic) bond motifs is 3. The molecule has 2 aliphatic carbocycles. The van der Waals surface area contributed by atoms with Gasteiger partial charge in [-0.1, -0.05) is 146 Å². The fourth-order valence-corrected chi connectivity index (χ4v) is 6.39. The van der Waals surface area contributed by atoms with Gasteiger partial charge in [0, 0.05) is 11.3 Å². The normalized spacial score (nSPS) is 15.6. The summed E-state index contributed by atoms with van der Waals surface area (Å²) >= 11 is 0. The van der Waals surface area contributed by atoms with Gasteiger partial charge in [-0.25, -0.2) is 0 Å². The van der Waals surface area contributed by atoms with Crippen LogP contribution in [-0.2, 0) is 48.9 Å². The molecule has 0 bridgehead atoms. The Morgan fingerprint density at radius 3 is 1.95 bits per heavy atom. The van der Waals surface area contributed by atoms with Gasteiger partial charge in [-0.05, 0) is 68.2 Å². The predicted octanol–water partition coefficient (Wildman–Crippen LogP) is 3.85. The van der Waals surface area contributed by atoms with Crippen molar-refractivity contribution in [3.8, 4) is 11.1 Å². The first-order valence-corrected chi connectivity index (χ1v) is 14.0. The molecule has 208 valence electrons. The second kappa shape index (κ2) is 13.1. The average molecular weight is 649 g/mol. The zero-order chi connectivity index (χ0) is 26.4. The summed E-state index contributed by atoms with van der Waals surface area (Å²) in [6.45, 7) is 16.3. The topological polar surface area (TPSA) is 0 Å². The van der Waals surface area contributed by atoms with E-state index >= 15 is 0 Å². The first-order valence-electron chi connectivity index (χ1n) is 14.0. The zero-order valence-corrected chi connectivity index (χ0v) is 29.0. The number of halogens is 2. The molecule has 3 aromatic rings. The molecule has 0 aromatic heterocycles. The molecule has 3 heteroatoms. The van der Waals surface area contributed by atoms with Gasteiger partial charge >= 0.3 is 26.2 Å². The van der Waals surface area contributed by atoms with E-state index in [1.165, 1.54) is 44.5 Å². The molecule has 0 radical (unpaired) electrons. The van der Waals surface area contributed by atoms with E-state index < -0.39 is 0 Å².